The molecule has 2 nitrogen and oxygen atoms in total. The first-order valence-corrected chi connectivity index (χ1v) is 7.16. The van der Waals surface area contributed by atoms with Crippen molar-refractivity contribution in [2.24, 2.45) is 5.92 Å². The zero-order valence-electron chi connectivity index (χ0n) is 10.6. The Morgan fingerprint density at radius 1 is 1.44 bits per heavy atom. The Morgan fingerprint density at radius 3 is 3.00 bits per heavy atom. The summed E-state index contributed by atoms with van der Waals surface area (Å²) in [5, 5.41) is 3.03. The van der Waals surface area contributed by atoms with Crippen LogP contribution in [0.1, 0.15) is 35.2 Å². The first-order valence-electron chi connectivity index (χ1n) is 6.37. The molecule has 1 aliphatic carbocycles. The van der Waals surface area contributed by atoms with Gasteiger partial charge in [-0.25, -0.2) is 0 Å². The largest absolute Gasteiger partial charge is 0.352 e. The SMILES string of the molecule is Cc1cccc(C(=O)NCC2CC=CCC2)c1Br. The summed E-state index contributed by atoms with van der Waals surface area (Å²) in [5.41, 5.74) is 1.81. The van der Waals surface area contributed by atoms with Gasteiger partial charge in [0.15, 0.2) is 0 Å². The van der Waals surface area contributed by atoms with Crippen molar-refractivity contribution in [3.63, 3.8) is 0 Å². The second-order valence-corrected chi connectivity index (χ2v) is 5.59. The van der Waals surface area contributed by atoms with Gasteiger partial charge in [0.2, 0.25) is 0 Å². The number of aryl methyl sites for hydroxylation is 1. The molecule has 0 aromatic heterocycles. The molecule has 1 aromatic carbocycles. The number of hydrogen-bond acceptors (Lipinski definition) is 1. The van der Waals surface area contributed by atoms with Crippen LogP contribution in [-0.4, -0.2) is 12.5 Å². The molecule has 1 N–H and O–H groups in total. The van der Waals surface area contributed by atoms with Gasteiger partial charge < -0.3 is 5.32 Å². The third-order valence-electron chi connectivity index (χ3n) is 3.37. The maximum atomic E-state index is 12.1. The van der Waals surface area contributed by atoms with Crippen LogP contribution in [0.3, 0.4) is 0 Å². The van der Waals surface area contributed by atoms with Gasteiger partial charge in [0, 0.05) is 11.0 Å². The minimum absolute atomic E-state index is 0.0140. The fraction of sp³-hybridized carbons (Fsp3) is 0.400. The van der Waals surface area contributed by atoms with Gasteiger partial charge in [-0.1, -0.05) is 24.3 Å². The fourth-order valence-electron chi connectivity index (χ4n) is 2.20. The van der Waals surface area contributed by atoms with E-state index in [-0.39, 0.29) is 5.91 Å². The Labute approximate surface area is 117 Å². The highest BCUT2D eigenvalue weighted by molar-refractivity contribution is 9.10. The second kappa shape index (κ2) is 6.19. The van der Waals surface area contributed by atoms with Crippen molar-refractivity contribution in [1.29, 1.82) is 0 Å². The highest BCUT2D eigenvalue weighted by Gasteiger charge is 2.14. The van der Waals surface area contributed by atoms with Gasteiger partial charge in [-0.05, 0) is 59.7 Å². The van der Waals surface area contributed by atoms with E-state index in [9.17, 15) is 4.79 Å². The normalized spacial score (nSPS) is 18.7. The molecule has 0 heterocycles. The van der Waals surface area contributed by atoms with E-state index < -0.39 is 0 Å². The number of halogens is 1. The van der Waals surface area contributed by atoms with Gasteiger partial charge in [0.1, 0.15) is 0 Å². The van der Waals surface area contributed by atoms with Crippen LogP contribution in [0, 0.1) is 12.8 Å². The Hall–Kier alpha value is -1.09. The summed E-state index contributed by atoms with van der Waals surface area (Å²) in [6.45, 7) is 2.76. The summed E-state index contributed by atoms with van der Waals surface area (Å²) in [5.74, 6) is 0.600. The molecule has 2 rings (SSSR count). The lowest BCUT2D eigenvalue weighted by atomic mass is 9.94. The summed E-state index contributed by atoms with van der Waals surface area (Å²) < 4.78 is 0.894. The number of carbonyl (C=O) groups excluding carboxylic acids is 1. The first-order chi connectivity index (χ1) is 8.68. The Kier molecular flexibility index (Phi) is 4.59. The summed E-state index contributed by atoms with van der Waals surface area (Å²) in [7, 11) is 0. The van der Waals surface area contributed by atoms with Crippen molar-refractivity contribution < 1.29 is 4.79 Å². The molecule has 0 bridgehead atoms. The zero-order chi connectivity index (χ0) is 13.0. The van der Waals surface area contributed by atoms with E-state index in [0.29, 0.717) is 5.92 Å². The van der Waals surface area contributed by atoms with Crippen LogP contribution in [0.2, 0.25) is 0 Å². The lowest BCUT2D eigenvalue weighted by molar-refractivity contribution is 0.0945. The third kappa shape index (κ3) is 3.22. The van der Waals surface area contributed by atoms with Crippen molar-refractivity contribution >= 4 is 21.8 Å². The van der Waals surface area contributed by atoms with Crippen LogP contribution < -0.4 is 5.32 Å². The lowest BCUT2D eigenvalue weighted by Crippen LogP contribution is -2.30. The fourth-order valence-corrected chi connectivity index (χ4v) is 2.64. The summed E-state index contributed by atoms with van der Waals surface area (Å²) in [6.07, 6.45) is 7.81. The minimum atomic E-state index is 0.0140. The summed E-state index contributed by atoms with van der Waals surface area (Å²) >= 11 is 3.47. The van der Waals surface area contributed by atoms with E-state index in [4.69, 9.17) is 0 Å². The Balaban J connectivity index is 1.95. The second-order valence-electron chi connectivity index (χ2n) is 4.80. The highest BCUT2D eigenvalue weighted by Crippen LogP contribution is 2.21. The lowest BCUT2D eigenvalue weighted by Gasteiger charge is -2.18. The number of hydrogen-bond donors (Lipinski definition) is 1. The van der Waals surface area contributed by atoms with Crippen LogP contribution in [0.5, 0.6) is 0 Å². The van der Waals surface area contributed by atoms with E-state index >= 15 is 0 Å². The van der Waals surface area contributed by atoms with Gasteiger partial charge in [-0.15, -0.1) is 0 Å². The minimum Gasteiger partial charge on any atom is -0.352 e. The van der Waals surface area contributed by atoms with Crippen LogP contribution >= 0.6 is 15.9 Å². The van der Waals surface area contributed by atoms with Crippen molar-refractivity contribution in [2.45, 2.75) is 26.2 Å². The summed E-state index contributed by atoms with van der Waals surface area (Å²) in [6, 6.07) is 5.76. The molecule has 0 spiro atoms. The molecule has 0 saturated carbocycles. The standard InChI is InChI=1S/C15H18BrNO/c1-11-6-5-9-13(14(11)16)15(18)17-10-12-7-3-2-4-8-12/h2-3,5-6,9,12H,4,7-8,10H2,1H3,(H,17,18). The Bertz CT molecular complexity index is 468. The van der Waals surface area contributed by atoms with Crippen molar-refractivity contribution in [2.75, 3.05) is 6.54 Å². The maximum Gasteiger partial charge on any atom is 0.252 e. The molecule has 3 heteroatoms. The van der Waals surface area contributed by atoms with E-state index in [1.165, 1.54) is 6.42 Å². The molecule has 1 aromatic rings. The molecule has 1 atom stereocenters. The van der Waals surface area contributed by atoms with E-state index in [0.717, 1.165) is 35.0 Å². The zero-order valence-corrected chi connectivity index (χ0v) is 12.2. The van der Waals surface area contributed by atoms with Crippen molar-refractivity contribution in [3.8, 4) is 0 Å². The van der Waals surface area contributed by atoms with E-state index in [1.807, 2.05) is 25.1 Å². The predicted molar refractivity (Wildman–Crippen MR) is 77.7 cm³/mol. The van der Waals surface area contributed by atoms with Gasteiger partial charge >= 0.3 is 0 Å². The third-order valence-corrected chi connectivity index (χ3v) is 4.42. The van der Waals surface area contributed by atoms with E-state index in [1.54, 1.807) is 0 Å². The molecule has 1 amide bonds. The Morgan fingerprint density at radius 2 is 2.28 bits per heavy atom. The van der Waals surface area contributed by atoms with Crippen molar-refractivity contribution in [3.05, 3.63) is 46.0 Å². The number of rotatable bonds is 3. The average molecular weight is 308 g/mol. The molecular weight excluding hydrogens is 290 g/mol. The van der Waals surface area contributed by atoms with Crippen LogP contribution in [0.25, 0.3) is 0 Å². The van der Waals surface area contributed by atoms with Crippen LogP contribution in [-0.2, 0) is 0 Å². The molecule has 96 valence electrons. The van der Waals surface area contributed by atoms with E-state index in [2.05, 4.69) is 33.4 Å². The molecule has 1 aliphatic rings. The average Bonchev–Trinajstić information content (AvgIpc) is 2.40. The van der Waals surface area contributed by atoms with Gasteiger partial charge in [-0.3, -0.25) is 4.79 Å². The molecule has 0 aliphatic heterocycles. The molecule has 0 saturated heterocycles. The summed E-state index contributed by atoms with van der Waals surface area (Å²) in [4.78, 5) is 12.1. The van der Waals surface area contributed by atoms with Crippen molar-refractivity contribution in [1.82, 2.24) is 5.32 Å². The monoisotopic (exact) mass is 307 g/mol. The number of benzene rings is 1. The van der Waals surface area contributed by atoms with Crippen LogP contribution in [0.15, 0.2) is 34.8 Å². The molecule has 18 heavy (non-hydrogen) atoms. The predicted octanol–water partition coefficient (Wildman–Crippen LogP) is 3.84. The van der Waals surface area contributed by atoms with Gasteiger partial charge in [-0.2, -0.15) is 0 Å². The topological polar surface area (TPSA) is 29.1 Å². The van der Waals surface area contributed by atoms with Gasteiger partial charge in [0.05, 0.1) is 5.56 Å². The number of amides is 1. The number of carbonyl (C=O) groups is 1. The van der Waals surface area contributed by atoms with Crippen LogP contribution in [0.4, 0.5) is 0 Å². The van der Waals surface area contributed by atoms with Gasteiger partial charge in [0.25, 0.3) is 5.91 Å². The number of nitrogens with one attached hydrogen (secondary N) is 1. The smallest absolute Gasteiger partial charge is 0.252 e. The molecule has 1 unspecified atom stereocenters. The first kappa shape index (κ1) is 13.3. The molecular formula is C15H18BrNO. The highest BCUT2D eigenvalue weighted by atomic mass is 79.9. The maximum absolute atomic E-state index is 12.1. The molecule has 0 radical (unpaired) electrons. The number of allylic oxidation sites excluding steroid dienone is 2. The molecule has 0 fully saturated rings. The quantitative estimate of drug-likeness (QED) is 0.845.